The molecule has 1 atom stereocenters. The zero-order valence-electron chi connectivity index (χ0n) is 16.7. The maximum Gasteiger partial charge on any atom is 0.328 e. The van der Waals surface area contributed by atoms with Gasteiger partial charge in [-0.3, -0.25) is 0 Å². The lowest BCUT2D eigenvalue weighted by Gasteiger charge is -2.23. The molecule has 0 amide bonds. The van der Waals surface area contributed by atoms with Gasteiger partial charge < -0.3 is 25.0 Å². The molecule has 9 nitrogen and oxygen atoms in total. The number of piperidine rings is 1. The minimum absolute atomic E-state index is 0.445. The highest BCUT2D eigenvalue weighted by Crippen LogP contribution is 2.29. The van der Waals surface area contributed by atoms with Crippen LogP contribution in [0.15, 0.2) is 54.7 Å². The van der Waals surface area contributed by atoms with Crippen LogP contribution in [0.2, 0.25) is 0 Å². The standard InChI is InChI=1S/C18H19N3O2.C4H4O4/c19-11-14-5-7-16(8-6-14)23-18-17(4-2-10-21-18)22-13-15-3-1-9-20-12-15;5-3(6)1-2-4(7)8/h2,4-8,10,15,20H,1,3,9,12-13H2;1-2H,(H,5,6)(H,7,8)/b;2-1+/t15-;/m0./s1. The summed E-state index contributed by atoms with van der Waals surface area (Å²) in [6, 6.07) is 12.7. The lowest BCUT2D eigenvalue weighted by molar-refractivity contribution is -0.134. The van der Waals surface area contributed by atoms with Crippen LogP contribution in [-0.2, 0) is 9.59 Å². The molecule has 1 fully saturated rings. The van der Waals surface area contributed by atoms with Gasteiger partial charge in [0, 0.05) is 30.8 Å². The number of benzene rings is 1. The van der Waals surface area contributed by atoms with E-state index in [1.165, 1.54) is 12.8 Å². The quantitative estimate of drug-likeness (QED) is 0.571. The van der Waals surface area contributed by atoms with Gasteiger partial charge in [0.2, 0.25) is 0 Å². The van der Waals surface area contributed by atoms with Gasteiger partial charge in [0.05, 0.1) is 18.2 Å². The Balaban J connectivity index is 0.000000366. The summed E-state index contributed by atoms with van der Waals surface area (Å²) >= 11 is 0. The number of ether oxygens (including phenoxy) is 2. The molecule has 162 valence electrons. The molecule has 1 aliphatic heterocycles. The fraction of sp³-hybridized carbons (Fsp3) is 0.273. The molecule has 3 N–H and O–H groups in total. The van der Waals surface area contributed by atoms with Crippen LogP contribution in [0.5, 0.6) is 17.4 Å². The van der Waals surface area contributed by atoms with Crippen molar-refractivity contribution in [3.8, 4) is 23.4 Å². The molecule has 2 heterocycles. The summed E-state index contributed by atoms with van der Waals surface area (Å²) in [7, 11) is 0. The minimum Gasteiger partial charge on any atom is -0.488 e. The van der Waals surface area contributed by atoms with E-state index in [9.17, 15) is 9.59 Å². The maximum absolute atomic E-state index is 9.55. The summed E-state index contributed by atoms with van der Waals surface area (Å²) in [6.45, 7) is 2.74. The van der Waals surface area contributed by atoms with E-state index in [0.717, 1.165) is 13.1 Å². The molecule has 0 spiro atoms. The summed E-state index contributed by atoms with van der Waals surface area (Å²) < 4.78 is 11.7. The Morgan fingerprint density at radius 3 is 2.48 bits per heavy atom. The van der Waals surface area contributed by atoms with Crippen LogP contribution in [0, 0.1) is 17.2 Å². The molecule has 0 bridgehead atoms. The third kappa shape index (κ3) is 8.97. The highest BCUT2D eigenvalue weighted by molar-refractivity contribution is 5.89. The van der Waals surface area contributed by atoms with Gasteiger partial charge in [0.25, 0.3) is 5.88 Å². The first-order valence-corrected chi connectivity index (χ1v) is 9.58. The molecule has 0 aliphatic carbocycles. The zero-order chi connectivity index (χ0) is 22.5. The molecule has 1 saturated heterocycles. The minimum atomic E-state index is -1.26. The topological polar surface area (TPSA) is 142 Å². The molecule has 0 unspecified atom stereocenters. The second-order valence-electron chi connectivity index (χ2n) is 6.58. The van der Waals surface area contributed by atoms with Crippen LogP contribution in [-0.4, -0.2) is 46.8 Å². The maximum atomic E-state index is 9.55. The Hall–Kier alpha value is -3.90. The van der Waals surface area contributed by atoms with E-state index in [1.54, 1.807) is 30.5 Å². The zero-order valence-corrected chi connectivity index (χ0v) is 16.7. The van der Waals surface area contributed by atoms with Crippen molar-refractivity contribution in [2.24, 2.45) is 5.92 Å². The molecule has 2 aromatic rings. The van der Waals surface area contributed by atoms with E-state index < -0.39 is 11.9 Å². The Kier molecular flexibility index (Phi) is 9.52. The molecule has 0 saturated carbocycles. The number of nitrogens with zero attached hydrogens (tertiary/aromatic N) is 2. The van der Waals surface area contributed by atoms with Crippen LogP contribution in [0.3, 0.4) is 0 Å². The monoisotopic (exact) mass is 425 g/mol. The number of aromatic nitrogens is 1. The largest absolute Gasteiger partial charge is 0.488 e. The highest BCUT2D eigenvalue weighted by atomic mass is 16.5. The number of hydrogen-bond donors (Lipinski definition) is 3. The van der Waals surface area contributed by atoms with Crippen LogP contribution >= 0.6 is 0 Å². The fourth-order valence-electron chi connectivity index (χ4n) is 2.69. The molecule has 9 heteroatoms. The smallest absolute Gasteiger partial charge is 0.328 e. The predicted octanol–water partition coefficient (Wildman–Crippen LogP) is 2.84. The molecule has 3 rings (SSSR count). The number of rotatable bonds is 7. The molecule has 31 heavy (non-hydrogen) atoms. The summed E-state index contributed by atoms with van der Waals surface area (Å²) in [6.07, 6.45) is 5.16. The number of carboxylic acid groups (broad SMARTS) is 2. The SMILES string of the molecule is N#Cc1ccc(Oc2ncccc2OC[C@H]2CCCNC2)cc1.O=C(O)/C=C/C(=O)O. The second kappa shape index (κ2) is 12.6. The van der Waals surface area contributed by atoms with Crippen LogP contribution in [0.25, 0.3) is 0 Å². The average Bonchev–Trinajstić information content (AvgIpc) is 2.79. The van der Waals surface area contributed by atoms with Crippen molar-refractivity contribution in [1.82, 2.24) is 10.3 Å². The van der Waals surface area contributed by atoms with Crippen molar-refractivity contribution in [2.45, 2.75) is 12.8 Å². The molecular weight excluding hydrogens is 402 g/mol. The summed E-state index contributed by atoms with van der Waals surface area (Å²) in [5.41, 5.74) is 0.597. The number of nitrogens with one attached hydrogen (secondary N) is 1. The van der Waals surface area contributed by atoms with Gasteiger partial charge in [0.1, 0.15) is 5.75 Å². The van der Waals surface area contributed by atoms with Gasteiger partial charge in [-0.05, 0) is 55.8 Å². The van der Waals surface area contributed by atoms with Crippen molar-refractivity contribution < 1.29 is 29.3 Å². The van der Waals surface area contributed by atoms with E-state index in [0.29, 0.717) is 47.6 Å². The van der Waals surface area contributed by atoms with Crippen LogP contribution in [0.1, 0.15) is 18.4 Å². The van der Waals surface area contributed by atoms with Crippen molar-refractivity contribution >= 4 is 11.9 Å². The fourth-order valence-corrected chi connectivity index (χ4v) is 2.69. The number of carboxylic acids is 2. The van der Waals surface area contributed by atoms with Gasteiger partial charge in [-0.1, -0.05) is 0 Å². The van der Waals surface area contributed by atoms with Crippen LogP contribution < -0.4 is 14.8 Å². The molecule has 1 aromatic heterocycles. The number of nitriles is 1. The third-order valence-electron chi connectivity index (χ3n) is 4.18. The second-order valence-corrected chi connectivity index (χ2v) is 6.58. The number of hydrogen-bond acceptors (Lipinski definition) is 7. The Morgan fingerprint density at radius 2 is 1.90 bits per heavy atom. The predicted molar refractivity (Wildman–Crippen MR) is 111 cm³/mol. The van der Waals surface area contributed by atoms with Gasteiger partial charge >= 0.3 is 11.9 Å². The Morgan fingerprint density at radius 1 is 1.19 bits per heavy atom. The van der Waals surface area contributed by atoms with Gasteiger partial charge in [-0.25, -0.2) is 14.6 Å². The lowest BCUT2D eigenvalue weighted by Crippen LogP contribution is -2.33. The van der Waals surface area contributed by atoms with E-state index in [4.69, 9.17) is 24.9 Å². The number of carbonyl (C=O) groups is 2. The summed E-state index contributed by atoms with van der Waals surface area (Å²) in [5, 5.41) is 27.8. The molecule has 1 aromatic carbocycles. The Labute approximate surface area is 179 Å². The third-order valence-corrected chi connectivity index (χ3v) is 4.18. The van der Waals surface area contributed by atoms with E-state index >= 15 is 0 Å². The first-order chi connectivity index (χ1) is 15.0. The summed E-state index contributed by atoms with van der Waals surface area (Å²) in [4.78, 5) is 23.4. The highest BCUT2D eigenvalue weighted by Gasteiger charge is 2.15. The number of aliphatic carboxylic acids is 2. The average molecular weight is 425 g/mol. The first-order valence-electron chi connectivity index (χ1n) is 9.58. The first kappa shape index (κ1) is 23.4. The van der Waals surface area contributed by atoms with Crippen LogP contribution in [0.4, 0.5) is 0 Å². The van der Waals surface area contributed by atoms with E-state index in [1.807, 2.05) is 12.1 Å². The Bertz CT molecular complexity index is 915. The van der Waals surface area contributed by atoms with Gasteiger partial charge in [-0.15, -0.1) is 0 Å². The molecular formula is C22H23N3O6. The van der Waals surface area contributed by atoms with Crippen molar-refractivity contribution in [2.75, 3.05) is 19.7 Å². The van der Waals surface area contributed by atoms with Crippen molar-refractivity contribution in [3.63, 3.8) is 0 Å². The van der Waals surface area contributed by atoms with E-state index in [-0.39, 0.29) is 0 Å². The normalized spacial score (nSPS) is 15.3. The van der Waals surface area contributed by atoms with Crippen molar-refractivity contribution in [3.05, 3.63) is 60.3 Å². The lowest BCUT2D eigenvalue weighted by atomic mass is 10.0. The molecule has 1 aliphatic rings. The number of pyridine rings is 1. The summed E-state index contributed by atoms with van der Waals surface area (Å²) in [5.74, 6) is -0.276. The molecule has 0 radical (unpaired) electrons. The van der Waals surface area contributed by atoms with Gasteiger partial charge in [-0.2, -0.15) is 5.26 Å². The van der Waals surface area contributed by atoms with E-state index in [2.05, 4.69) is 16.4 Å². The van der Waals surface area contributed by atoms with Crippen molar-refractivity contribution in [1.29, 1.82) is 5.26 Å². The van der Waals surface area contributed by atoms with Gasteiger partial charge in [0.15, 0.2) is 5.75 Å².